The van der Waals surface area contributed by atoms with Gasteiger partial charge in [0.1, 0.15) is 0 Å². The topological polar surface area (TPSA) is 72.4 Å². The van der Waals surface area contributed by atoms with Gasteiger partial charge in [0.25, 0.3) is 0 Å². The summed E-state index contributed by atoms with van der Waals surface area (Å²) in [6.45, 7) is 7.12. The number of nitrogens with zero attached hydrogens (tertiary/aromatic N) is 2. The molecule has 1 rings (SSSR count). The number of guanidine groups is 1. The van der Waals surface area contributed by atoms with Crippen molar-refractivity contribution in [3.8, 4) is 0 Å². The fraction of sp³-hybridized carbons (Fsp3) is 0.889. The highest BCUT2D eigenvalue weighted by atomic mass is 127. The van der Waals surface area contributed by atoms with Crippen molar-refractivity contribution in [1.29, 1.82) is 0 Å². The molecule has 1 N–H and O–H groups in total. The van der Waals surface area contributed by atoms with E-state index in [-0.39, 0.29) is 29.9 Å². The monoisotopic (exact) mass is 485 g/mol. The molecule has 1 aliphatic rings. The minimum absolute atomic E-state index is 0. The van der Waals surface area contributed by atoms with Crippen LogP contribution in [0.2, 0.25) is 0 Å². The van der Waals surface area contributed by atoms with Gasteiger partial charge in [0.15, 0.2) is 5.96 Å². The number of hydrogen-bond acceptors (Lipinski definition) is 5. The molecule has 0 saturated carbocycles. The number of hydrogen-bond donors (Lipinski definition) is 1. The summed E-state index contributed by atoms with van der Waals surface area (Å²) in [5.74, 6) is 0.821. The predicted octanol–water partition coefficient (Wildman–Crippen LogP) is 2.43. The van der Waals surface area contributed by atoms with E-state index in [0.717, 1.165) is 77.5 Å². The van der Waals surface area contributed by atoms with E-state index in [0.29, 0.717) is 12.5 Å². The fourth-order valence-corrected chi connectivity index (χ4v) is 2.78. The third-order valence-electron chi connectivity index (χ3n) is 4.20. The largest absolute Gasteiger partial charge is 0.469 e. The Bertz CT molecular complexity index is 389. The van der Waals surface area contributed by atoms with Crippen LogP contribution in [0.25, 0.3) is 0 Å². The Morgan fingerprint density at radius 3 is 2.50 bits per heavy atom. The van der Waals surface area contributed by atoms with Crippen LogP contribution in [0.15, 0.2) is 4.99 Å². The molecule has 0 atom stereocenters. The summed E-state index contributed by atoms with van der Waals surface area (Å²) in [6, 6.07) is 0. The Morgan fingerprint density at radius 1 is 1.15 bits per heavy atom. The number of likely N-dealkylation sites (tertiary alicyclic amines) is 1. The quantitative estimate of drug-likeness (QED) is 0.159. The van der Waals surface area contributed by atoms with Gasteiger partial charge in [-0.05, 0) is 39.0 Å². The number of carbonyl (C=O) groups excluding carboxylic acids is 1. The van der Waals surface area contributed by atoms with Gasteiger partial charge in [-0.1, -0.05) is 0 Å². The summed E-state index contributed by atoms with van der Waals surface area (Å²) in [4.78, 5) is 18.1. The molecule has 26 heavy (non-hydrogen) atoms. The summed E-state index contributed by atoms with van der Waals surface area (Å²) in [6.07, 6.45) is 5.52. The van der Waals surface area contributed by atoms with Gasteiger partial charge >= 0.3 is 5.97 Å². The number of nitrogens with one attached hydrogen (secondary N) is 1. The van der Waals surface area contributed by atoms with Crippen molar-refractivity contribution in [2.24, 2.45) is 4.99 Å². The van der Waals surface area contributed by atoms with E-state index < -0.39 is 0 Å². The molecule has 0 aromatic carbocycles. The van der Waals surface area contributed by atoms with Gasteiger partial charge < -0.3 is 24.4 Å². The maximum absolute atomic E-state index is 11.1. The molecule has 0 aromatic heterocycles. The number of carbonyl (C=O) groups is 1. The number of piperidine rings is 1. The highest BCUT2D eigenvalue weighted by Gasteiger charge is 2.21. The van der Waals surface area contributed by atoms with Crippen molar-refractivity contribution >= 4 is 35.9 Å². The second kappa shape index (κ2) is 16.6. The number of halogens is 1. The van der Waals surface area contributed by atoms with Crippen LogP contribution in [0, 0.1) is 0 Å². The molecule has 7 nitrogen and oxygen atoms in total. The van der Waals surface area contributed by atoms with Gasteiger partial charge in [-0.2, -0.15) is 0 Å². The summed E-state index contributed by atoms with van der Waals surface area (Å²) in [5, 5.41) is 3.36. The lowest BCUT2D eigenvalue weighted by Crippen LogP contribution is -2.47. The molecule has 0 aromatic rings. The zero-order chi connectivity index (χ0) is 18.3. The minimum atomic E-state index is -0.150. The molecule has 0 radical (unpaired) electrons. The summed E-state index contributed by atoms with van der Waals surface area (Å²) < 4.78 is 15.6. The average molecular weight is 485 g/mol. The first-order valence-corrected chi connectivity index (χ1v) is 9.41. The van der Waals surface area contributed by atoms with Crippen LogP contribution in [0.1, 0.15) is 45.4 Å². The van der Waals surface area contributed by atoms with Crippen molar-refractivity contribution in [2.75, 3.05) is 53.6 Å². The van der Waals surface area contributed by atoms with E-state index in [4.69, 9.17) is 14.5 Å². The Hall–Kier alpha value is -0.610. The SMILES string of the molecule is CCNC(=NCCCCC(=O)OC)N1CCC(OCCCOC)CC1.I. The normalized spacial score (nSPS) is 15.5. The number of esters is 1. The molecule has 0 bridgehead atoms. The molecule has 154 valence electrons. The predicted molar refractivity (Wildman–Crippen MR) is 114 cm³/mol. The second-order valence-corrected chi connectivity index (χ2v) is 6.17. The smallest absolute Gasteiger partial charge is 0.305 e. The van der Waals surface area contributed by atoms with Gasteiger partial charge in [0, 0.05) is 52.9 Å². The molecule has 1 aliphatic heterocycles. The van der Waals surface area contributed by atoms with Crippen LogP contribution < -0.4 is 5.32 Å². The first-order valence-electron chi connectivity index (χ1n) is 9.41. The number of rotatable bonds is 11. The lowest BCUT2D eigenvalue weighted by Gasteiger charge is -2.34. The molecule has 0 unspecified atom stereocenters. The van der Waals surface area contributed by atoms with Crippen molar-refractivity contribution in [2.45, 2.75) is 51.6 Å². The third-order valence-corrected chi connectivity index (χ3v) is 4.20. The molecular formula is C18H36IN3O4. The summed E-state index contributed by atoms with van der Waals surface area (Å²) in [7, 11) is 3.14. The van der Waals surface area contributed by atoms with Crippen LogP contribution in [0.5, 0.6) is 0 Å². The van der Waals surface area contributed by atoms with E-state index >= 15 is 0 Å². The summed E-state index contributed by atoms with van der Waals surface area (Å²) >= 11 is 0. The van der Waals surface area contributed by atoms with E-state index in [2.05, 4.69) is 21.9 Å². The van der Waals surface area contributed by atoms with E-state index in [1.54, 1.807) is 7.11 Å². The van der Waals surface area contributed by atoms with Gasteiger partial charge in [0.05, 0.1) is 13.2 Å². The molecule has 1 saturated heterocycles. The first-order chi connectivity index (χ1) is 12.2. The standard InChI is InChI=1S/C18H35N3O4.HI/c1-4-19-18(20-11-6-5-8-17(22)24-3)21-12-9-16(10-13-21)25-15-7-14-23-2;/h16H,4-15H2,1-3H3,(H,19,20);1H. The maximum Gasteiger partial charge on any atom is 0.305 e. The Kier molecular flexibility index (Phi) is 16.2. The number of unbranched alkanes of at least 4 members (excludes halogenated alkanes) is 1. The van der Waals surface area contributed by atoms with Crippen LogP contribution in [0.4, 0.5) is 0 Å². The van der Waals surface area contributed by atoms with Crippen LogP contribution in [0.3, 0.4) is 0 Å². The highest BCUT2D eigenvalue weighted by molar-refractivity contribution is 14.0. The van der Waals surface area contributed by atoms with Crippen LogP contribution in [-0.2, 0) is 19.0 Å². The van der Waals surface area contributed by atoms with Crippen LogP contribution in [-0.4, -0.2) is 76.5 Å². The molecule has 8 heteroatoms. The second-order valence-electron chi connectivity index (χ2n) is 6.17. The van der Waals surface area contributed by atoms with Gasteiger partial charge in [0.2, 0.25) is 0 Å². The van der Waals surface area contributed by atoms with Gasteiger partial charge in [-0.3, -0.25) is 9.79 Å². The minimum Gasteiger partial charge on any atom is -0.469 e. The van der Waals surface area contributed by atoms with E-state index in [1.165, 1.54) is 7.11 Å². The number of ether oxygens (including phenoxy) is 3. The molecule has 0 amide bonds. The van der Waals surface area contributed by atoms with Gasteiger partial charge in [-0.15, -0.1) is 24.0 Å². The summed E-state index contributed by atoms with van der Waals surface area (Å²) in [5.41, 5.74) is 0. The van der Waals surface area contributed by atoms with Crippen molar-refractivity contribution in [1.82, 2.24) is 10.2 Å². The Labute approximate surface area is 175 Å². The zero-order valence-corrected chi connectivity index (χ0v) is 18.8. The third kappa shape index (κ3) is 11.2. The van der Waals surface area contributed by atoms with E-state index in [1.807, 2.05) is 0 Å². The first kappa shape index (κ1) is 25.4. The van der Waals surface area contributed by atoms with E-state index in [9.17, 15) is 4.79 Å². The Morgan fingerprint density at radius 2 is 1.88 bits per heavy atom. The molecule has 0 aliphatic carbocycles. The van der Waals surface area contributed by atoms with Crippen LogP contribution >= 0.6 is 24.0 Å². The fourth-order valence-electron chi connectivity index (χ4n) is 2.78. The van der Waals surface area contributed by atoms with Gasteiger partial charge in [-0.25, -0.2) is 0 Å². The zero-order valence-electron chi connectivity index (χ0n) is 16.5. The van der Waals surface area contributed by atoms with Crippen molar-refractivity contribution in [3.05, 3.63) is 0 Å². The number of methoxy groups -OCH3 is 2. The molecule has 1 fully saturated rings. The molecule has 0 spiro atoms. The molecule has 1 heterocycles. The Balaban J connectivity index is 0.00000625. The lowest BCUT2D eigenvalue weighted by molar-refractivity contribution is -0.140. The maximum atomic E-state index is 11.1. The lowest BCUT2D eigenvalue weighted by atomic mass is 10.1. The van der Waals surface area contributed by atoms with Crippen molar-refractivity contribution < 1.29 is 19.0 Å². The average Bonchev–Trinajstić information content (AvgIpc) is 2.64. The number of aliphatic imine (C=N–C) groups is 1. The molecular weight excluding hydrogens is 449 g/mol. The highest BCUT2D eigenvalue weighted by Crippen LogP contribution is 2.14. The van der Waals surface area contributed by atoms with Crippen molar-refractivity contribution in [3.63, 3.8) is 0 Å².